The van der Waals surface area contributed by atoms with Gasteiger partial charge in [-0.1, -0.05) is 0 Å². The van der Waals surface area contributed by atoms with Crippen LogP contribution in [0.15, 0.2) is 64.7 Å². The van der Waals surface area contributed by atoms with Gasteiger partial charge in [0.1, 0.15) is 5.82 Å². The van der Waals surface area contributed by atoms with Crippen molar-refractivity contribution in [1.82, 2.24) is 15.0 Å². The minimum atomic E-state index is -3.88. The van der Waals surface area contributed by atoms with E-state index in [4.69, 9.17) is 0 Å². The molecule has 144 valence electrons. The normalized spacial score (nSPS) is 11.5. The molecule has 0 saturated heterocycles. The monoisotopic (exact) mass is 401 g/mol. The van der Waals surface area contributed by atoms with E-state index in [1.165, 1.54) is 55.7 Å². The third kappa shape index (κ3) is 4.60. The van der Waals surface area contributed by atoms with Gasteiger partial charge in [-0.25, -0.2) is 9.22 Å². The first-order valence-corrected chi connectivity index (χ1v) is 9.55. The number of nitrogens with zero attached hydrogens (tertiary/aromatic N) is 2. The predicted molar refractivity (Wildman–Crippen MR) is 103 cm³/mol. The van der Waals surface area contributed by atoms with E-state index in [-0.39, 0.29) is 16.6 Å². The number of carbonyl (C=O) groups is 1. The molecule has 28 heavy (non-hydrogen) atoms. The number of benzene rings is 2. The molecule has 0 aliphatic carbocycles. The molecule has 0 aliphatic rings. The van der Waals surface area contributed by atoms with E-state index in [0.29, 0.717) is 22.5 Å². The molecule has 0 fully saturated rings. The number of nitrogens with one attached hydrogen (secondary N) is 3. The Hall–Kier alpha value is -3.53. The number of H-pyrrole nitrogens is 1. The molecule has 2 aromatic carbocycles. The van der Waals surface area contributed by atoms with Crippen LogP contribution in [0.3, 0.4) is 0 Å². The molecular weight excluding hydrogens is 385 g/mol. The predicted octanol–water partition coefficient (Wildman–Crippen LogP) is 2.49. The molecule has 0 bridgehead atoms. The van der Waals surface area contributed by atoms with E-state index >= 15 is 0 Å². The van der Waals surface area contributed by atoms with Crippen LogP contribution in [-0.4, -0.2) is 30.7 Å². The zero-order valence-corrected chi connectivity index (χ0v) is 15.5. The van der Waals surface area contributed by atoms with Crippen LogP contribution in [0.25, 0.3) is 11.3 Å². The summed E-state index contributed by atoms with van der Waals surface area (Å²) in [6.07, 6.45) is 2.77. The van der Waals surface area contributed by atoms with Crippen molar-refractivity contribution in [3.63, 3.8) is 0 Å². The minimum Gasteiger partial charge on any atom is -0.326 e. The number of hydrogen-bond donors (Lipinski definition) is 3. The van der Waals surface area contributed by atoms with Gasteiger partial charge in [0, 0.05) is 23.7 Å². The van der Waals surface area contributed by atoms with Gasteiger partial charge in [-0.2, -0.15) is 18.6 Å². The highest BCUT2D eigenvalue weighted by Gasteiger charge is 2.13. The van der Waals surface area contributed by atoms with Crippen LogP contribution in [0, 0.1) is 5.82 Å². The molecule has 0 spiro atoms. The number of aromatic amines is 1. The number of hydrogen-bond acceptors (Lipinski definition) is 5. The number of sulfonamides is 1. The minimum absolute atomic E-state index is 0.00953. The lowest BCUT2D eigenvalue weighted by Gasteiger charge is -2.05. The summed E-state index contributed by atoms with van der Waals surface area (Å²) in [5.74, 6) is -0.619. The lowest BCUT2D eigenvalue weighted by atomic mass is 10.1. The van der Waals surface area contributed by atoms with Gasteiger partial charge in [-0.05, 0) is 48.5 Å². The van der Waals surface area contributed by atoms with Crippen molar-refractivity contribution >= 4 is 27.8 Å². The number of anilines is 1. The van der Waals surface area contributed by atoms with Crippen molar-refractivity contribution in [2.45, 2.75) is 11.8 Å². The SMILES string of the molecule is CC(=O)Nc1ccc(S(=O)(=O)N/N=C/c2cn[nH]c2-c2ccc(F)cc2)cc1. The van der Waals surface area contributed by atoms with Crippen LogP contribution in [0.2, 0.25) is 0 Å². The van der Waals surface area contributed by atoms with Gasteiger partial charge < -0.3 is 5.32 Å². The molecule has 0 unspecified atom stereocenters. The maximum atomic E-state index is 13.1. The highest BCUT2D eigenvalue weighted by molar-refractivity contribution is 7.89. The molecular formula is C18H16FN5O3S. The van der Waals surface area contributed by atoms with Crippen molar-refractivity contribution in [3.05, 3.63) is 66.1 Å². The summed E-state index contributed by atoms with van der Waals surface area (Å²) in [6, 6.07) is 11.4. The largest absolute Gasteiger partial charge is 0.326 e. The molecule has 8 nitrogen and oxygen atoms in total. The lowest BCUT2D eigenvalue weighted by molar-refractivity contribution is -0.114. The molecule has 0 aliphatic heterocycles. The lowest BCUT2D eigenvalue weighted by Crippen LogP contribution is -2.18. The third-order valence-electron chi connectivity index (χ3n) is 3.66. The average molecular weight is 401 g/mol. The summed E-state index contributed by atoms with van der Waals surface area (Å²) in [6.45, 7) is 1.36. The number of halogens is 1. The van der Waals surface area contributed by atoms with Crippen molar-refractivity contribution < 1.29 is 17.6 Å². The van der Waals surface area contributed by atoms with Gasteiger partial charge in [0.05, 0.1) is 23.0 Å². The Morgan fingerprint density at radius 3 is 2.46 bits per heavy atom. The van der Waals surface area contributed by atoms with Gasteiger partial charge in [-0.15, -0.1) is 0 Å². The Bertz CT molecular complexity index is 1110. The first-order chi connectivity index (χ1) is 13.3. The van der Waals surface area contributed by atoms with E-state index in [0.717, 1.165) is 0 Å². The molecule has 0 radical (unpaired) electrons. The molecule has 1 amide bonds. The van der Waals surface area contributed by atoms with Crippen molar-refractivity contribution in [1.29, 1.82) is 0 Å². The molecule has 1 aromatic heterocycles. The fraction of sp³-hybridized carbons (Fsp3) is 0.0556. The average Bonchev–Trinajstić information content (AvgIpc) is 3.11. The Morgan fingerprint density at radius 1 is 1.14 bits per heavy atom. The van der Waals surface area contributed by atoms with Crippen LogP contribution in [0.5, 0.6) is 0 Å². The Morgan fingerprint density at radius 2 is 1.82 bits per heavy atom. The van der Waals surface area contributed by atoms with Gasteiger partial charge in [0.15, 0.2) is 0 Å². The number of rotatable bonds is 6. The molecule has 10 heteroatoms. The highest BCUT2D eigenvalue weighted by Crippen LogP contribution is 2.20. The van der Waals surface area contributed by atoms with Crippen LogP contribution in [-0.2, 0) is 14.8 Å². The second-order valence-corrected chi connectivity index (χ2v) is 7.43. The summed E-state index contributed by atoms with van der Waals surface area (Å²) in [5, 5.41) is 13.0. The highest BCUT2D eigenvalue weighted by atomic mass is 32.2. The zero-order valence-electron chi connectivity index (χ0n) is 14.7. The van der Waals surface area contributed by atoms with Crippen LogP contribution in [0.1, 0.15) is 12.5 Å². The Kier molecular flexibility index (Phi) is 5.50. The van der Waals surface area contributed by atoms with Gasteiger partial charge in [0.25, 0.3) is 10.0 Å². The first-order valence-electron chi connectivity index (χ1n) is 8.07. The molecule has 3 aromatic rings. The quantitative estimate of drug-likeness (QED) is 0.435. The standard InChI is InChI=1S/C18H16FN5O3S/c1-12(25)22-16-6-8-17(9-7-16)28(26,27)24-21-11-14-10-20-23-18(14)13-2-4-15(19)5-3-13/h2-11,24H,1H3,(H,20,23)(H,22,25)/b21-11+. The van der Waals surface area contributed by atoms with E-state index in [1.807, 2.05) is 0 Å². The summed E-state index contributed by atoms with van der Waals surface area (Å²) >= 11 is 0. The summed E-state index contributed by atoms with van der Waals surface area (Å²) in [4.78, 5) is 13.1. The molecule has 1 heterocycles. The number of carbonyl (C=O) groups excluding carboxylic acids is 1. The Balaban J connectivity index is 1.73. The van der Waals surface area contributed by atoms with Crippen molar-refractivity contribution in [3.8, 4) is 11.3 Å². The molecule has 0 atom stereocenters. The first kappa shape index (κ1) is 19.2. The second-order valence-electron chi connectivity index (χ2n) is 5.77. The van der Waals surface area contributed by atoms with Crippen LogP contribution < -0.4 is 10.1 Å². The molecule has 0 saturated carbocycles. The molecule has 3 N–H and O–H groups in total. The van der Waals surface area contributed by atoms with E-state index < -0.39 is 10.0 Å². The van der Waals surface area contributed by atoms with E-state index in [9.17, 15) is 17.6 Å². The fourth-order valence-corrected chi connectivity index (χ4v) is 3.17. The smallest absolute Gasteiger partial charge is 0.276 e. The van der Waals surface area contributed by atoms with Crippen LogP contribution >= 0.6 is 0 Å². The topological polar surface area (TPSA) is 116 Å². The van der Waals surface area contributed by atoms with Gasteiger partial charge in [-0.3, -0.25) is 9.89 Å². The third-order valence-corrected chi connectivity index (χ3v) is 4.90. The summed E-state index contributed by atoms with van der Waals surface area (Å²) in [7, 11) is -3.88. The van der Waals surface area contributed by atoms with E-state index in [2.05, 4.69) is 25.4 Å². The number of hydrazone groups is 1. The molecule has 3 rings (SSSR count). The summed E-state index contributed by atoms with van der Waals surface area (Å²) in [5.41, 5.74) is 2.26. The Labute approximate surface area is 160 Å². The van der Waals surface area contributed by atoms with E-state index in [1.54, 1.807) is 12.1 Å². The second kappa shape index (κ2) is 8.01. The van der Waals surface area contributed by atoms with Gasteiger partial charge >= 0.3 is 0 Å². The van der Waals surface area contributed by atoms with Gasteiger partial charge in [0.2, 0.25) is 5.91 Å². The number of amides is 1. The van der Waals surface area contributed by atoms with Crippen LogP contribution in [0.4, 0.5) is 10.1 Å². The fourth-order valence-electron chi connectivity index (χ4n) is 2.38. The maximum Gasteiger partial charge on any atom is 0.276 e. The zero-order chi connectivity index (χ0) is 20.1. The summed E-state index contributed by atoms with van der Waals surface area (Å²) < 4.78 is 37.7. The van der Waals surface area contributed by atoms with Crippen molar-refractivity contribution in [2.24, 2.45) is 5.10 Å². The van der Waals surface area contributed by atoms with Crippen molar-refractivity contribution in [2.75, 3.05) is 5.32 Å². The maximum absolute atomic E-state index is 13.1. The number of aromatic nitrogens is 2.